The Balaban J connectivity index is 2.17. The zero-order chi connectivity index (χ0) is 22.7. The Morgan fingerprint density at radius 2 is 1.74 bits per heavy atom. The van der Waals surface area contributed by atoms with Gasteiger partial charge in [0.25, 0.3) is 5.91 Å². The molecule has 31 heavy (non-hydrogen) atoms. The molecule has 0 aliphatic carbocycles. The van der Waals surface area contributed by atoms with E-state index in [4.69, 9.17) is 14.2 Å². The van der Waals surface area contributed by atoms with Crippen LogP contribution in [-0.4, -0.2) is 32.7 Å². The molecule has 1 heterocycles. The van der Waals surface area contributed by atoms with Crippen LogP contribution < -0.4 is 14.4 Å². The Bertz CT molecular complexity index is 1100. The number of ether oxygens (including phenoxy) is 3. The molecule has 0 saturated carbocycles. The summed E-state index contributed by atoms with van der Waals surface area (Å²) < 4.78 is 16.0. The van der Waals surface area contributed by atoms with Crippen LogP contribution in [0.2, 0.25) is 0 Å². The number of esters is 1. The fraction of sp³-hybridized carbons (Fsp3) is 0.280. The van der Waals surface area contributed by atoms with Gasteiger partial charge in [-0.1, -0.05) is 6.07 Å². The van der Waals surface area contributed by atoms with E-state index in [-0.39, 0.29) is 23.7 Å². The van der Waals surface area contributed by atoms with E-state index < -0.39 is 5.97 Å². The van der Waals surface area contributed by atoms with Crippen LogP contribution in [0.5, 0.6) is 11.5 Å². The number of allylic oxidation sites excluding steroid dienone is 1. The number of anilines is 1. The van der Waals surface area contributed by atoms with Crippen LogP contribution in [-0.2, 0) is 14.3 Å². The minimum atomic E-state index is -0.529. The molecule has 0 bridgehead atoms. The van der Waals surface area contributed by atoms with Gasteiger partial charge in [-0.25, -0.2) is 4.79 Å². The van der Waals surface area contributed by atoms with Gasteiger partial charge in [-0.15, -0.1) is 0 Å². The van der Waals surface area contributed by atoms with Crippen molar-refractivity contribution in [3.05, 3.63) is 69.9 Å². The molecule has 0 N–H and O–H groups in total. The average Bonchev–Trinajstić information content (AvgIpc) is 3.00. The lowest BCUT2D eigenvalue weighted by molar-refractivity contribution is -0.138. The number of carbonyl (C=O) groups excluding carboxylic acids is 2. The molecule has 162 valence electrons. The number of nitrogens with zero attached hydrogens (tertiary/aromatic N) is 1. The summed E-state index contributed by atoms with van der Waals surface area (Å²) in [6.45, 7) is 7.71. The van der Waals surface area contributed by atoms with Gasteiger partial charge in [0, 0.05) is 23.0 Å². The third kappa shape index (κ3) is 4.19. The third-order valence-corrected chi connectivity index (χ3v) is 5.37. The monoisotopic (exact) mass is 421 g/mol. The maximum absolute atomic E-state index is 13.5. The summed E-state index contributed by atoms with van der Waals surface area (Å²) in [7, 11) is 3.11. The van der Waals surface area contributed by atoms with Crippen molar-refractivity contribution in [2.45, 2.75) is 27.7 Å². The number of rotatable bonds is 6. The number of hydrogen-bond donors (Lipinski definition) is 0. The van der Waals surface area contributed by atoms with Crippen molar-refractivity contribution in [2.75, 3.05) is 25.7 Å². The molecule has 6 nitrogen and oxygen atoms in total. The van der Waals surface area contributed by atoms with Gasteiger partial charge in [0.2, 0.25) is 0 Å². The molecule has 0 saturated heterocycles. The minimum absolute atomic E-state index is 0.215. The molecule has 0 unspecified atom stereocenters. The molecule has 0 aromatic heterocycles. The van der Waals surface area contributed by atoms with Crippen molar-refractivity contribution in [2.24, 2.45) is 0 Å². The van der Waals surface area contributed by atoms with Crippen molar-refractivity contribution in [1.29, 1.82) is 0 Å². The zero-order valence-electron chi connectivity index (χ0n) is 18.7. The van der Waals surface area contributed by atoms with Crippen molar-refractivity contribution in [1.82, 2.24) is 0 Å². The molecular formula is C25H27NO5. The Kier molecular flexibility index (Phi) is 6.49. The second-order valence-corrected chi connectivity index (χ2v) is 7.26. The van der Waals surface area contributed by atoms with E-state index in [9.17, 15) is 9.59 Å². The second-order valence-electron chi connectivity index (χ2n) is 7.26. The largest absolute Gasteiger partial charge is 0.497 e. The topological polar surface area (TPSA) is 65.1 Å². The Morgan fingerprint density at radius 1 is 1.00 bits per heavy atom. The van der Waals surface area contributed by atoms with E-state index in [2.05, 4.69) is 0 Å². The van der Waals surface area contributed by atoms with Crippen molar-refractivity contribution < 1.29 is 23.8 Å². The highest BCUT2D eigenvalue weighted by Gasteiger charge is 2.38. The predicted molar refractivity (Wildman–Crippen MR) is 120 cm³/mol. The maximum atomic E-state index is 13.5. The second kappa shape index (κ2) is 9.08. The van der Waals surface area contributed by atoms with Gasteiger partial charge >= 0.3 is 5.97 Å². The smallest absolute Gasteiger partial charge is 0.340 e. The van der Waals surface area contributed by atoms with Gasteiger partial charge in [-0.05, 0) is 69.2 Å². The Hall–Kier alpha value is -3.54. The fourth-order valence-electron chi connectivity index (χ4n) is 3.55. The van der Waals surface area contributed by atoms with Crippen LogP contribution in [0.3, 0.4) is 0 Å². The summed E-state index contributed by atoms with van der Waals surface area (Å²) in [5, 5.41) is 0. The zero-order valence-corrected chi connectivity index (χ0v) is 18.7. The first-order valence-electron chi connectivity index (χ1n) is 10.1. The molecule has 1 amide bonds. The van der Waals surface area contributed by atoms with Gasteiger partial charge < -0.3 is 14.2 Å². The molecule has 1 aliphatic rings. The first-order valence-corrected chi connectivity index (χ1v) is 10.1. The molecule has 0 atom stereocenters. The Labute approximate surface area is 182 Å². The predicted octanol–water partition coefficient (Wildman–Crippen LogP) is 4.59. The SMILES string of the molecule is CCOC(=O)C1=C(C)N(c2ccc(C)c(C)c2)C(=O)/C1=C\c1ccc(OC)cc1OC. The van der Waals surface area contributed by atoms with Crippen LogP contribution in [0.15, 0.2) is 53.2 Å². The summed E-state index contributed by atoms with van der Waals surface area (Å²) in [5.41, 5.74) is 4.60. The van der Waals surface area contributed by atoms with Crippen molar-refractivity contribution in [3.8, 4) is 11.5 Å². The van der Waals surface area contributed by atoms with Crippen LogP contribution in [0.25, 0.3) is 6.08 Å². The van der Waals surface area contributed by atoms with Gasteiger partial charge in [-0.3, -0.25) is 9.69 Å². The quantitative estimate of drug-likeness (QED) is 0.504. The normalized spacial score (nSPS) is 15.0. The van der Waals surface area contributed by atoms with E-state index in [0.29, 0.717) is 28.4 Å². The minimum Gasteiger partial charge on any atom is -0.497 e. The Morgan fingerprint density at radius 3 is 2.35 bits per heavy atom. The summed E-state index contributed by atoms with van der Waals surface area (Å²) in [6.07, 6.45) is 1.66. The summed E-state index contributed by atoms with van der Waals surface area (Å²) in [5.74, 6) is 0.344. The van der Waals surface area contributed by atoms with Crippen molar-refractivity contribution >= 4 is 23.6 Å². The molecule has 6 heteroatoms. The molecule has 1 aliphatic heterocycles. The van der Waals surface area contributed by atoms with E-state index in [1.807, 2.05) is 32.0 Å². The van der Waals surface area contributed by atoms with Crippen LogP contribution >= 0.6 is 0 Å². The van der Waals surface area contributed by atoms with Gasteiger partial charge in [-0.2, -0.15) is 0 Å². The number of methoxy groups -OCH3 is 2. The van der Waals surface area contributed by atoms with E-state index >= 15 is 0 Å². The lowest BCUT2D eigenvalue weighted by Crippen LogP contribution is -2.24. The number of aryl methyl sites for hydroxylation is 2. The molecule has 0 radical (unpaired) electrons. The maximum Gasteiger partial charge on any atom is 0.340 e. The number of carbonyl (C=O) groups is 2. The van der Waals surface area contributed by atoms with Crippen LogP contribution in [0.1, 0.15) is 30.5 Å². The molecule has 2 aromatic carbocycles. The number of hydrogen-bond acceptors (Lipinski definition) is 5. The molecule has 3 rings (SSSR count). The van der Waals surface area contributed by atoms with Crippen molar-refractivity contribution in [3.63, 3.8) is 0 Å². The van der Waals surface area contributed by atoms with Gasteiger partial charge in [0.05, 0.1) is 32.0 Å². The summed E-state index contributed by atoms with van der Waals surface area (Å²) in [4.78, 5) is 27.9. The average molecular weight is 421 g/mol. The lowest BCUT2D eigenvalue weighted by Gasteiger charge is -2.19. The number of amides is 1. The lowest BCUT2D eigenvalue weighted by atomic mass is 10.0. The molecule has 0 spiro atoms. The molecule has 0 fully saturated rings. The van der Waals surface area contributed by atoms with Crippen LogP contribution in [0.4, 0.5) is 5.69 Å². The summed E-state index contributed by atoms with van der Waals surface area (Å²) >= 11 is 0. The molecule has 2 aromatic rings. The fourth-order valence-corrected chi connectivity index (χ4v) is 3.55. The first-order chi connectivity index (χ1) is 14.8. The molecular weight excluding hydrogens is 394 g/mol. The van der Waals surface area contributed by atoms with E-state index in [1.165, 1.54) is 0 Å². The standard InChI is InChI=1S/C25H27NO5/c1-7-31-25(28)23-17(4)26(19-10-8-15(2)16(3)12-19)24(27)21(23)13-18-9-11-20(29-5)14-22(18)30-6/h8-14H,7H2,1-6H3/b21-13-. The number of benzene rings is 2. The summed E-state index contributed by atoms with van der Waals surface area (Å²) in [6, 6.07) is 11.1. The first kappa shape index (κ1) is 22.2. The van der Waals surface area contributed by atoms with Gasteiger partial charge in [0.15, 0.2) is 0 Å². The van der Waals surface area contributed by atoms with E-state index in [0.717, 1.165) is 11.1 Å². The highest BCUT2D eigenvalue weighted by molar-refractivity contribution is 6.24. The third-order valence-electron chi connectivity index (χ3n) is 5.37. The highest BCUT2D eigenvalue weighted by atomic mass is 16.5. The van der Waals surface area contributed by atoms with E-state index in [1.54, 1.807) is 57.2 Å². The van der Waals surface area contributed by atoms with Crippen LogP contribution in [0, 0.1) is 13.8 Å². The van der Waals surface area contributed by atoms with Gasteiger partial charge in [0.1, 0.15) is 11.5 Å². The highest BCUT2D eigenvalue weighted by Crippen LogP contribution is 2.37.